The molecule has 1 aromatic carbocycles. The number of rotatable bonds is 6. The van der Waals surface area contributed by atoms with Crippen LogP contribution in [0.25, 0.3) is 5.65 Å². The Morgan fingerprint density at radius 3 is 2.88 bits per heavy atom. The number of morpholine rings is 1. The zero-order valence-corrected chi connectivity index (χ0v) is 19.3. The van der Waals surface area contributed by atoms with Crippen molar-refractivity contribution in [2.24, 2.45) is 0 Å². The molecule has 34 heavy (non-hydrogen) atoms. The Morgan fingerprint density at radius 1 is 1.32 bits per heavy atom. The van der Waals surface area contributed by atoms with E-state index in [0.717, 1.165) is 11.3 Å². The zero-order chi connectivity index (χ0) is 23.9. The summed E-state index contributed by atoms with van der Waals surface area (Å²) in [6.45, 7) is 3.82. The summed E-state index contributed by atoms with van der Waals surface area (Å²) in [6.07, 6.45) is 5.14. The maximum absolute atomic E-state index is 13.2. The average Bonchev–Trinajstić information content (AvgIpc) is 3.38. The minimum atomic E-state index is -4.64. The summed E-state index contributed by atoms with van der Waals surface area (Å²) < 4.78 is 28.9. The van der Waals surface area contributed by atoms with Crippen LogP contribution in [-0.2, 0) is 20.2 Å². The number of amides is 1. The van der Waals surface area contributed by atoms with Crippen LogP contribution in [0.15, 0.2) is 36.8 Å². The molecule has 1 amide bonds. The fraction of sp³-hybridized carbons (Fsp3) is 0.381. The molecule has 1 fully saturated rings. The number of aromatic nitrogens is 3. The highest BCUT2D eigenvalue weighted by Crippen LogP contribution is 2.44. The highest BCUT2D eigenvalue weighted by atomic mass is 31.2. The molecule has 0 bridgehead atoms. The Kier molecular flexibility index (Phi) is 5.78. The van der Waals surface area contributed by atoms with Crippen molar-refractivity contribution < 1.29 is 33.1 Å². The van der Waals surface area contributed by atoms with Gasteiger partial charge in [-0.3, -0.25) is 9.32 Å². The topological polar surface area (TPSA) is 148 Å². The van der Waals surface area contributed by atoms with Crippen molar-refractivity contribution in [3.8, 4) is 5.75 Å². The summed E-state index contributed by atoms with van der Waals surface area (Å²) >= 11 is 0. The molecule has 3 N–H and O–H groups in total. The molecule has 2 aromatic heterocycles. The molecule has 1 unspecified atom stereocenters. The maximum Gasteiger partial charge on any atom is 0.469 e. The number of fused-ring (bicyclic) bond motifs is 2. The molecule has 3 aromatic rings. The minimum Gasteiger partial charge on any atom is -0.484 e. The summed E-state index contributed by atoms with van der Waals surface area (Å²) in [5.41, 5.74) is 1.97. The molecule has 2 aliphatic heterocycles. The van der Waals surface area contributed by atoms with E-state index in [1.807, 2.05) is 12.1 Å². The van der Waals surface area contributed by atoms with Gasteiger partial charge in [0.05, 0.1) is 37.4 Å². The first-order valence-corrected chi connectivity index (χ1v) is 12.2. The molecule has 2 aliphatic rings. The Bertz CT molecular complexity index is 1290. The number of carbonyl (C=O) groups excluding carboxylic acids is 1. The van der Waals surface area contributed by atoms with E-state index in [1.165, 1.54) is 10.7 Å². The second-order valence-electron chi connectivity index (χ2n) is 8.47. The van der Waals surface area contributed by atoms with Gasteiger partial charge in [-0.1, -0.05) is 0 Å². The van der Waals surface area contributed by atoms with Crippen LogP contribution in [0.1, 0.15) is 22.8 Å². The lowest BCUT2D eigenvalue weighted by atomic mass is 9.99. The van der Waals surface area contributed by atoms with Crippen LogP contribution in [0.4, 0.5) is 11.4 Å². The second kappa shape index (κ2) is 8.64. The Balaban J connectivity index is 1.46. The van der Waals surface area contributed by atoms with Gasteiger partial charge in [0.15, 0.2) is 5.65 Å². The standard InChI is InChI=1S/C21H24N5O7P/c1-21(13-32-34(28,29)30)11-14-9-16(17(10-18(14)33-21)25-5-7-31-8-6-25)24-20(27)15-12-23-26-4-2-3-22-19(15)26/h2-4,9-10,12H,5-8,11,13H2,1H3,(H,24,27)(H2,28,29,30). The predicted molar refractivity (Wildman–Crippen MR) is 121 cm³/mol. The molecular formula is C21H24N5O7P. The van der Waals surface area contributed by atoms with E-state index >= 15 is 0 Å². The van der Waals surface area contributed by atoms with Crippen molar-refractivity contribution in [2.45, 2.75) is 18.9 Å². The number of ether oxygens (including phenoxy) is 2. The lowest BCUT2D eigenvalue weighted by molar-refractivity contribution is 0.0406. The number of anilines is 2. The van der Waals surface area contributed by atoms with Crippen molar-refractivity contribution in [1.29, 1.82) is 0 Å². The predicted octanol–water partition coefficient (Wildman–Crippen LogP) is 1.62. The van der Waals surface area contributed by atoms with Crippen LogP contribution in [-0.4, -0.2) is 68.8 Å². The first-order valence-electron chi connectivity index (χ1n) is 10.7. The molecule has 1 saturated heterocycles. The SMILES string of the molecule is CC1(COP(=O)(O)O)Cc2cc(NC(=O)c3cnn4cccnc34)c(N3CCOCC3)cc2O1. The molecule has 4 heterocycles. The van der Waals surface area contributed by atoms with Crippen molar-refractivity contribution in [2.75, 3.05) is 43.1 Å². The third kappa shape index (κ3) is 4.63. The Morgan fingerprint density at radius 2 is 2.12 bits per heavy atom. The molecule has 12 nitrogen and oxygen atoms in total. The maximum atomic E-state index is 13.2. The number of hydrogen-bond donors (Lipinski definition) is 3. The zero-order valence-electron chi connectivity index (χ0n) is 18.4. The van der Waals surface area contributed by atoms with Crippen LogP contribution in [0.2, 0.25) is 0 Å². The molecule has 1 atom stereocenters. The average molecular weight is 489 g/mol. The van der Waals surface area contributed by atoms with E-state index in [-0.39, 0.29) is 12.5 Å². The van der Waals surface area contributed by atoms with Gasteiger partial charge >= 0.3 is 7.82 Å². The third-order valence-corrected chi connectivity index (χ3v) is 6.23. The van der Waals surface area contributed by atoms with E-state index < -0.39 is 13.4 Å². The van der Waals surface area contributed by atoms with Gasteiger partial charge in [0, 0.05) is 43.5 Å². The number of nitrogens with one attached hydrogen (secondary N) is 1. The van der Waals surface area contributed by atoms with Crippen LogP contribution in [0, 0.1) is 0 Å². The van der Waals surface area contributed by atoms with Gasteiger partial charge in [0.2, 0.25) is 0 Å². The van der Waals surface area contributed by atoms with Gasteiger partial charge < -0.3 is 29.5 Å². The summed E-state index contributed by atoms with van der Waals surface area (Å²) in [7, 11) is -4.64. The van der Waals surface area contributed by atoms with E-state index in [1.54, 1.807) is 25.4 Å². The number of phosphoric acid groups is 1. The lowest BCUT2D eigenvalue weighted by Crippen LogP contribution is -2.37. The van der Waals surface area contributed by atoms with Gasteiger partial charge in [-0.15, -0.1) is 0 Å². The fourth-order valence-electron chi connectivity index (χ4n) is 4.20. The molecule has 5 rings (SSSR count). The largest absolute Gasteiger partial charge is 0.484 e. The van der Waals surface area contributed by atoms with E-state index in [0.29, 0.717) is 55.4 Å². The van der Waals surface area contributed by atoms with E-state index in [9.17, 15) is 9.36 Å². The quantitative estimate of drug-likeness (QED) is 0.436. The van der Waals surface area contributed by atoms with E-state index in [4.69, 9.17) is 23.8 Å². The monoisotopic (exact) mass is 489 g/mol. The minimum absolute atomic E-state index is 0.283. The molecule has 180 valence electrons. The van der Waals surface area contributed by atoms with Crippen LogP contribution >= 0.6 is 7.82 Å². The van der Waals surface area contributed by atoms with Gasteiger partial charge in [-0.05, 0) is 19.1 Å². The van der Waals surface area contributed by atoms with Crippen molar-refractivity contribution in [3.05, 3.63) is 47.9 Å². The van der Waals surface area contributed by atoms with Crippen LogP contribution in [0.3, 0.4) is 0 Å². The van der Waals surface area contributed by atoms with Crippen molar-refractivity contribution in [3.63, 3.8) is 0 Å². The molecule has 0 spiro atoms. The van der Waals surface area contributed by atoms with Crippen LogP contribution in [0.5, 0.6) is 5.75 Å². The van der Waals surface area contributed by atoms with Crippen molar-refractivity contribution in [1.82, 2.24) is 14.6 Å². The normalized spacial score (nSPS) is 20.3. The second-order valence-corrected chi connectivity index (χ2v) is 9.71. The number of phosphoric ester groups is 1. The highest BCUT2D eigenvalue weighted by molar-refractivity contribution is 7.46. The number of nitrogens with zero attached hydrogens (tertiary/aromatic N) is 4. The summed E-state index contributed by atoms with van der Waals surface area (Å²) in [5, 5.41) is 7.17. The first-order chi connectivity index (χ1) is 16.2. The number of benzene rings is 1. The smallest absolute Gasteiger partial charge is 0.469 e. The van der Waals surface area contributed by atoms with E-state index in [2.05, 4.69) is 20.3 Å². The van der Waals surface area contributed by atoms with Gasteiger partial charge in [-0.2, -0.15) is 5.10 Å². The van der Waals surface area contributed by atoms with Gasteiger partial charge in [-0.25, -0.2) is 14.1 Å². The Hall–Kier alpha value is -3.02. The third-order valence-electron chi connectivity index (χ3n) is 5.76. The Labute approximate surface area is 194 Å². The number of carbonyl (C=O) groups is 1. The molecule has 0 saturated carbocycles. The molecule has 13 heteroatoms. The highest BCUT2D eigenvalue weighted by Gasteiger charge is 2.38. The lowest BCUT2D eigenvalue weighted by Gasteiger charge is -2.31. The van der Waals surface area contributed by atoms with Gasteiger partial charge in [0.1, 0.15) is 16.9 Å². The first kappa shape index (κ1) is 22.8. The van der Waals surface area contributed by atoms with Crippen LogP contribution < -0.4 is 15.0 Å². The van der Waals surface area contributed by atoms with Crippen molar-refractivity contribution >= 4 is 30.8 Å². The molecule has 0 aliphatic carbocycles. The summed E-state index contributed by atoms with van der Waals surface area (Å²) in [5.74, 6) is 0.226. The van der Waals surface area contributed by atoms with Gasteiger partial charge in [0.25, 0.3) is 5.91 Å². The molecular weight excluding hydrogens is 465 g/mol. The fourth-order valence-corrected chi connectivity index (χ4v) is 4.64. The number of hydrogen-bond acceptors (Lipinski definition) is 8. The summed E-state index contributed by atoms with van der Waals surface area (Å²) in [6, 6.07) is 5.40. The summed E-state index contributed by atoms with van der Waals surface area (Å²) in [4.78, 5) is 37.7. The molecule has 0 radical (unpaired) electrons.